The monoisotopic (exact) mass is 282 g/mol. The molecule has 1 aliphatic heterocycles. The summed E-state index contributed by atoms with van der Waals surface area (Å²) in [5.74, 6) is -0.972. The highest BCUT2D eigenvalue weighted by Gasteiger charge is 2.23. The number of rotatable bonds is 5. The summed E-state index contributed by atoms with van der Waals surface area (Å²) in [6.07, 6.45) is 3.18. The fourth-order valence-electron chi connectivity index (χ4n) is 2.23. The van der Waals surface area contributed by atoms with Gasteiger partial charge in [0.2, 0.25) is 0 Å². The van der Waals surface area contributed by atoms with E-state index in [0.717, 1.165) is 30.7 Å². The Labute approximate surface area is 116 Å². The molecule has 1 aromatic heterocycles. The molecule has 1 fully saturated rings. The van der Waals surface area contributed by atoms with Crippen molar-refractivity contribution in [1.82, 2.24) is 20.3 Å². The van der Waals surface area contributed by atoms with Crippen LogP contribution in [0.1, 0.15) is 30.3 Å². The van der Waals surface area contributed by atoms with Crippen molar-refractivity contribution < 1.29 is 19.4 Å². The van der Waals surface area contributed by atoms with Crippen molar-refractivity contribution in [2.45, 2.75) is 32.4 Å². The minimum atomic E-state index is -1.03. The number of nitrogens with zero attached hydrogens (tertiary/aromatic N) is 3. The molecule has 1 amide bonds. The first kappa shape index (κ1) is 14.4. The number of nitrogens with one attached hydrogen (secondary N) is 1. The van der Waals surface area contributed by atoms with Gasteiger partial charge in [0.25, 0.3) is 5.91 Å². The van der Waals surface area contributed by atoms with Crippen LogP contribution in [0.15, 0.2) is 6.20 Å². The van der Waals surface area contributed by atoms with E-state index < -0.39 is 5.97 Å². The minimum absolute atomic E-state index is 0.0241. The molecule has 2 N–H and O–H groups in total. The van der Waals surface area contributed by atoms with Gasteiger partial charge in [-0.3, -0.25) is 9.59 Å². The van der Waals surface area contributed by atoms with Crippen LogP contribution in [0, 0.1) is 5.92 Å². The standard InChI is InChI=1S/C12H18N4O4/c1-8(9-2-4-20-5-3-9)13-12(19)10-6-16(15-14-10)7-11(17)18/h6,8-9H,2-5,7H2,1H3,(H,13,19)(H,17,18). The van der Waals surface area contributed by atoms with Gasteiger partial charge in [-0.25, -0.2) is 4.68 Å². The summed E-state index contributed by atoms with van der Waals surface area (Å²) in [6.45, 7) is 3.09. The van der Waals surface area contributed by atoms with E-state index in [1.54, 1.807) is 0 Å². The van der Waals surface area contributed by atoms with Gasteiger partial charge in [0.1, 0.15) is 6.54 Å². The summed E-state index contributed by atoms with van der Waals surface area (Å²) in [7, 11) is 0. The summed E-state index contributed by atoms with van der Waals surface area (Å²) in [5.41, 5.74) is 0.130. The molecule has 0 aromatic carbocycles. The van der Waals surface area contributed by atoms with Crippen LogP contribution in [-0.2, 0) is 16.1 Å². The summed E-state index contributed by atoms with van der Waals surface area (Å²) < 4.78 is 6.41. The third-order valence-electron chi connectivity index (χ3n) is 3.40. The lowest BCUT2D eigenvalue weighted by atomic mass is 9.93. The first-order chi connectivity index (χ1) is 9.56. The number of aromatic nitrogens is 3. The summed E-state index contributed by atoms with van der Waals surface area (Å²) in [6, 6.07) is 0.0241. The molecular weight excluding hydrogens is 264 g/mol. The Morgan fingerprint density at radius 3 is 2.90 bits per heavy atom. The summed E-state index contributed by atoms with van der Waals surface area (Å²) >= 11 is 0. The van der Waals surface area contributed by atoms with Gasteiger partial charge in [-0.15, -0.1) is 5.10 Å². The van der Waals surface area contributed by atoms with Gasteiger partial charge in [0.05, 0.1) is 6.20 Å². The lowest BCUT2D eigenvalue weighted by Gasteiger charge is -2.28. The quantitative estimate of drug-likeness (QED) is 0.781. The molecule has 0 saturated carbocycles. The smallest absolute Gasteiger partial charge is 0.325 e. The van der Waals surface area contributed by atoms with Crippen molar-refractivity contribution in [3.63, 3.8) is 0 Å². The largest absolute Gasteiger partial charge is 0.480 e. The summed E-state index contributed by atoms with van der Waals surface area (Å²) in [5, 5.41) is 18.8. The highest BCUT2D eigenvalue weighted by Crippen LogP contribution is 2.18. The molecule has 1 saturated heterocycles. The molecule has 0 aliphatic carbocycles. The molecule has 20 heavy (non-hydrogen) atoms. The van der Waals surface area contributed by atoms with E-state index in [2.05, 4.69) is 15.6 Å². The van der Waals surface area contributed by atoms with Crippen molar-refractivity contribution >= 4 is 11.9 Å². The van der Waals surface area contributed by atoms with E-state index in [1.807, 2.05) is 6.92 Å². The number of carboxylic acid groups (broad SMARTS) is 1. The first-order valence-electron chi connectivity index (χ1n) is 6.57. The van der Waals surface area contributed by atoms with Crippen LogP contribution in [0.2, 0.25) is 0 Å². The Kier molecular flexibility index (Phi) is 4.67. The molecule has 0 bridgehead atoms. The maximum absolute atomic E-state index is 12.0. The molecule has 0 radical (unpaired) electrons. The second kappa shape index (κ2) is 6.47. The average molecular weight is 282 g/mol. The van der Waals surface area contributed by atoms with Gasteiger partial charge in [-0.2, -0.15) is 0 Å². The zero-order valence-electron chi connectivity index (χ0n) is 11.3. The van der Waals surface area contributed by atoms with Crippen molar-refractivity contribution in [2.75, 3.05) is 13.2 Å². The van der Waals surface area contributed by atoms with Crippen molar-refractivity contribution in [3.05, 3.63) is 11.9 Å². The molecule has 1 aliphatic rings. The molecule has 8 heteroatoms. The Morgan fingerprint density at radius 1 is 1.55 bits per heavy atom. The van der Waals surface area contributed by atoms with Crippen LogP contribution in [0.25, 0.3) is 0 Å². The van der Waals surface area contributed by atoms with Crippen molar-refractivity contribution in [2.24, 2.45) is 5.92 Å². The molecule has 2 heterocycles. The van der Waals surface area contributed by atoms with Crippen molar-refractivity contribution in [3.8, 4) is 0 Å². The number of hydrogen-bond donors (Lipinski definition) is 2. The third-order valence-corrected chi connectivity index (χ3v) is 3.40. The van der Waals surface area contributed by atoms with Crippen molar-refractivity contribution in [1.29, 1.82) is 0 Å². The second-order valence-electron chi connectivity index (χ2n) is 4.91. The van der Waals surface area contributed by atoms with Crippen LogP contribution < -0.4 is 5.32 Å². The molecule has 1 unspecified atom stereocenters. The third kappa shape index (κ3) is 3.77. The SMILES string of the molecule is CC(NC(=O)c1cn(CC(=O)O)nn1)C1CCOCC1. The molecule has 8 nitrogen and oxygen atoms in total. The fourth-order valence-corrected chi connectivity index (χ4v) is 2.23. The minimum Gasteiger partial charge on any atom is -0.480 e. The van der Waals surface area contributed by atoms with E-state index >= 15 is 0 Å². The number of ether oxygens (including phenoxy) is 1. The van der Waals surface area contributed by atoms with E-state index in [9.17, 15) is 9.59 Å². The zero-order chi connectivity index (χ0) is 14.5. The summed E-state index contributed by atoms with van der Waals surface area (Å²) in [4.78, 5) is 22.5. The number of aliphatic carboxylic acids is 1. The fraction of sp³-hybridized carbons (Fsp3) is 0.667. The number of carboxylic acids is 1. The molecular formula is C12H18N4O4. The van der Waals surface area contributed by atoms with Gasteiger partial charge in [-0.1, -0.05) is 5.21 Å². The van der Waals surface area contributed by atoms with Crippen LogP contribution in [0.3, 0.4) is 0 Å². The lowest BCUT2D eigenvalue weighted by molar-refractivity contribution is -0.137. The number of hydrogen-bond acceptors (Lipinski definition) is 5. The molecule has 0 spiro atoms. The maximum atomic E-state index is 12.0. The molecule has 1 atom stereocenters. The van der Waals surface area contributed by atoms with E-state index in [0.29, 0.717) is 5.92 Å². The number of amides is 1. The Morgan fingerprint density at radius 2 is 2.25 bits per heavy atom. The van der Waals surface area contributed by atoms with Crippen LogP contribution in [0.4, 0.5) is 0 Å². The Balaban J connectivity index is 1.90. The predicted octanol–water partition coefficient (Wildman–Crippen LogP) is -0.0924. The van der Waals surface area contributed by atoms with E-state index in [1.165, 1.54) is 6.20 Å². The normalized spacial score (nSPS) is 17.6. The van der Waals surface area contributed by atoms with Gasteiger partial charge < -0.3 is 15.2 Å². The van der Waals surface area contributed by atoms with Crippen LogP contribution >= 0.6 is 0 Å². The average Bonchev–Trinajstić information content (AvgIpc) is 2.87. The lowest BCUT2D eigenvalue weighted by Crippen LogP contribution is -2.40. The topological polar surface area (TPSA) is 106 Å². The van der Waals surface area contributed by atoms with Gasteiger partial charge in [0, 0.05) is 19.3 Å². The van der Waals surface area contributed by atoms with E-state index in [-0.39, 0.29) is 24.2 Å². The molecule has 2 rings (SSSR count). The Bertz CT molecular complexity index is 482. The molecule has 110 valence electrons. The zero-order valence-corrected chi connectivity index (χ0v) is 11.3. The first-order valence-corrected chi connectivity index (χ1v) is 6.57. The van der Waals surface area contributed by atoms with E-state index in [4.69, 9.17) is 9.84 Å². The van der Waals surface area contributed by atoms with Crippen LogP contribution in [0.5, 0.6) is 0 Å². The van der Waals surface area contributed by atoms with Crippen LogP contribution in [-0.4, -0.2) is 51.2 Å². The number of carbonyl (C=O) groups excluding carboxylic acids is 1. The number of carbonyl (C=O) groups is 2. The maximum Gasteiger partial charge on any atom is 0.325 e. The van der Waals surface area contributed by atoms with Gasteiger partial charge in [-0.05, 0) is 25.7 Å². The van der Waals surface area contributed by atoms with Gasteiger partial charge >= 0.3 is 5.97 Å². The van der Waals surface area contributed by atoms with Gasteiger partial charge in [0.15, 0.2) is 5.69 Å². The highest BCUT2D eigenvalue weighted by molar-refractivity contribution is 5.92. The Hall–Kier alpha value is -1.96. The second-order valence-corrected chi connectivity index (χ2v) is 4.91. The predicted molar refractivity (Wildman–Crippen MR) is 68.1 cm³/mol. The molecule has 1 aromatic rings. The highest BCUT2D eigenvalue weighted by atomic mass is 16.5.